The minimum absolute atomic E-state index is 0.109. The first-order valence-corrected chi connectivity index (χ1v) is 6.01. The maximum atomic E-state index is 13.6. The number of hydrogen-bond donors (Lipinski definition) is 1. The minimum atomic E-state index is -0.480. The van der Waals surface area contributed by atoms with Crippen molar-refractivity contribution in [1.29, 1.82) is 0 Å². The molecule has 1 aromatic rings. The lowest BCUT2D eigenvalue weighted by molar-refractivity contribution is 0.0699. The molecule has 3 rings (SSSR count). The number of carbonyl (C=O) groups is 1. The summed E-state index contributed by atoms with van der Waals surface area (Å²) in [5.74, 6) is -0.0676. The average Bonchev–Trinajstić information content (AvgIpc) is 2.93. The lowest BCUT2D eigenvalue weighted by atomic mass is 10.1. The van der Waals surface area contributed by atoms with Gasteiger partial charge in [0.05, 0.1) is 5.56 Å². The number of piperidine rings is 1. The maximum Gasteiger partial charge on any atom is 0.257 e. The highest BCUT2D eigenvalue weighted by Gasteiger charge is 2.40. The van der Waals surface area contributed by atoms with E-state index < -0.39 is 5.82 Å². The smallest absolute Gasteiger partial charge is 0.257 e. The first-order valence-electron chi connectivity index (χ1n) is 6.01. The second-order valence-electron chi connectivity index (χ2n) is 5.03. The maximum absolute atomic E-state index is 13.6. The molecule has 0 spiro atoms. The molecule has 2 bridgehead atoms. The van der Waals surface area contributed by atoms with Crippen LogP contribution in [0.15, 0.2) is 18.2 Å². The molecule has 1 aliphatic heterocycles. The van der Waals surface area contributed by atoms with Crippen molar-refractivity contribution in [3.8, 4) is 0 Å². The molecular formula is C13H15FN2O. The van der Waals surface area contributed by atoms with Crippen molar-refractivity contribution >= 4 is 11.6 Å². The number of hydrogen-bond acceptors (Lipinski definition) is 2. The summed E-state index contributed by atoms with van der Waals surface area (Å²) in [5, 5.41) is 0. The molecule has 2 aliphatic rings. The SMILES string of the molecule is Nc1ccc(F)c(C(=O)N2CC3CCC2C3)c1. The Kier molecular flexibility index (Phi) is 2.31. The van der Waals surface area contributed by atoms with E-state index in [0.29, 0.717) is 17.6 Å². The zero-order valence-corrected chi connectivity index (χ0v) is 9.53. The molecule has 4 heteroatoms. The van der Waals surface area contributed by atoms with E-state index in [2.05, 4.69) is 0 Å². The number of fused-ring (bicyclic) bond motifs is 2. The number of benzene rings is 1. The Balaban J connectivity index is 1.89. The predicted molar refractivity (Wildman–Crippen MR) is 63.0 cm³/mol. The fourth-order valence-corrected chi connectivity index (χ4v) is 3.03. The quantitative estimate of drug-likeness (QED) is 0.756. The molecule has 0 aromatic heterocycles. The van der Waals surface area contributed by atoms with Gasteiger partial charge in [0.15, 0.2) is 0 Å². The van der Waals surface area contributed by atoms with E-state index in [4.69, 9.17) is 5.73 Å². The largest absolute Gasteiger partial charge is 0.399 e. The van der Waals surface area contributed by atoms with Crippen molar-refractivity contribution < 1.29 is 9.18 Å². The van der Waals surface area contributed by atoms with E-state index in [1.54, 1.807) is 0 Å². The van der Waals surface area contributed by atoms with Gasteiger partial charge in [-0.1, -0.05) is 0 Å². The van der Waals surface area contributed by atoms with Crippen LogP contribution in [-0.4, -0.2) is 23.4 Å². The molecule has 2 unspecified atom stereocenters. The zero-order chi connectivity index (χ0) is 12.0. The van der Waals surface area contributed by atoms with Crippen LogP contribution in [0.25, 0.3) is 0 Å². The number of halogens is 1. The number of nitrogen functional groups attached to an aromatic ring is 1. The zero-order valence-electron chi connectivity index (χ0n) is 9.53. The first-order chi connectivity index (χ1) is 8.15. The molecule has 17 heavy (non-hydrogen) atoms. The van der Waals surface area contributed by atoms with Crippen LogP contribution in [0.2, 0.25) is 0 Å². The van der Waals surface area contributed by atoms with Crippen molar-refractivity contribution in [3.63, 3.8) is 0 Å². The third kappa shape index (κ3) is 1.68. The number of nitrogens with zero attached hydrogens (tertiary/aromatic N) is 1. The van der Waals surface area contributed by atoms with Gasteiger partial charge in [0.25, 0.3) is 5.91 Å². The van der Waals surface area contributed by atoms with Gasteiger partial charge < -0.3 is 10.6 Å². The predicted octanol–water partition coefficient (Wildman–Crippen LogP) is 2.03. The Morgan fingerprint density at radius 1 is 1.41 bits per heavy atom. The van der Waals surface area contributed by atoms with Crippen molar-refractivity contribution in [2.45, 2.75) is 25.3 Å². The molecule has 0 radical (unpaired) electrons. The molecule has 1 aromatic carbocycles. The van der Waals surface area contributed by atoms with E-state index in [-0.39, 0.29) is 11.5 Å². The molecule has 1 amide bonds. The second kappa shape index (κ2) is 3.72. The lowest BCUT2D eigenvalue weighted by Crippen LogP contribution is -2.38. The highest BCUT2D eigenvalue weighted by atomic mass is 19.1. The minimum Gasteiger partial charge on any atom is -0.399 e. The molecule has 1 saturated carbocycles. The number of nitrogens with two attached hydrogens (primary N) is 1. The summed E-state index contributed by atoms with van der Waals surface area (Å²) in [7, 11) is 0. The fraction of sp³-hybridized carbons (Fsp3) is 0.462. The number of likely N-dealkylation sites (tertiary alicyclic amines) is 1. The Hall–Kier alpha value is -1.58. The van der Waals surface area contributed by atoms with Gasteiger partial charge in [0, 0.05) is 18.3 Å². The highest BCUT2D eigenvalue weighted by Crippen LogP contribution is 2.38. The topological polar surface area (TPSA) is 46.3 Å². The molecule has 1 saturated heterocycles. The standard InChI is InChI=1S/C13H15FN2O/c14-12-4-2-9(15)6-11(12)13(17)16-7-8-1-3-10(16)5-8/h2,4,6,8,10H,1,3,5,7,15H2. The number of rotatable bonds is 1. The summed E-state index contributed by atoms with van der Waals surface area (Å²) < 4.78 is 13.6. The van der Waals surface area contributed by atoms with Crippen LogP contribution in [-0.2, 0) is 0 Å². The van der Waals surface area contributed by atoms with Crippen LogP contribution < -0.4 is 5.73 Å². The highest BCUT2D eigenvalue weighted by molar-refractivity contribution is 5.95. The number of carbonyl (C=O) groups excluding carboxylic acids is 1. The summed E-state index contributed by atoms with van der Waals surface area (Å²) in [6, 6.07) is 4.48. The van der Waals surface area contributed by atoms with Gasteiger partial charge in [-0.2, -0.15) is 0 Å². The van der Waals surface area contributed by atoms with E-state index in [0.717, 1.165) is 19.4 Å². The fourth-order valence-electron chi connectivity index (χ4n) is 3.03. The van der Waals surface area contributed by atoms with E-state index >= 15 is 0 Å². The van der Waals surface area contributed by atoms with Crippen molar-refractivity contribution in [1.82, 2.24) is 4.90 Å². The Bertz CT molecular complexity index is 474. The Morgan fingerprint density at radius 3 is 2.88 bits per heavy atom. The molecule has 1 heterocycles. The van der Waals surface area contributed by atoms with Crippen LogP contribution in [0.1, 0.15) is 29.6 Å². The van der Waals surface area contributed by atoms with Crippen LogP contribution in [0, 0.1) is 11.7 Å². The second-order valence-corrected chi connectivity index (χ2v) is 5.03. The van der Waals surface area contributed by atoms with Crippen molar-refractivity contribution in [2.75, 3.05) is 12.3 Å². The molecule has 2 N–H and O–H groups in total. The van der Waals surface area contributed by atoms with Crippen LogP contribution in [0.4, 0.5) is 10.1 Å². The molecular weight excluding hydrogens is 219 g/mol. The van der Waals surface area contributed by atoms with Crippen LogP contribution >= 0.6 is 0 Å². The van der Waals surface area contributed by atoms with Crippen molar-refractivity contribution in [2.24, 2.45) is 5.92 Å². The van der Waals surface area contributed by atoms with Gasteiger partial charge in [-0.15, -0.1) is 0 Å². The van der Waals surface area contributed by atoms with Gasteiger partial charge in [0.1, 0.15) is 5.82 Å². The molecule has 1 aliphatic carbocycles. The number of anilines is 1. The normalized spacial score (nSPS) is 26.5. The molecule has 2 atom stereocenters. The van der Waals surface area contributed by atoms with E-state index in [1.807, 2.05) is 4.90 Å². The third-order valence-corrected chi connectivity index (χ3v) is 3.89. The van der Waals surface area contributed by atoms with Gasteiger partial charge >= 0.3 is 0 Å². The summed E-state index contributed by atoms with van der Waals surface area (Å²) in [4.78, 5) is 14.1. The molecule has 2 fully saturated rings. The summed E-state index contributed by atoms with van der Waals surface area (Å²) >= 11 is 0. The average molecular weight is 234 g/mol. The Morgan fingerprint density at radius 2 is 2.24 bits per heavy atom. The van der Waals surface area contributed by atoms with Gasteiger partial charge in [-0.05, 0) is 43.4 Å². The third-order valence-electron chi connectivity index (χ3n) is 3.89. The Labute approximate surface area is 99.4 Å². The molecule has 3 nitrogen and oxygen atoms in total. The van der Waals surface area contributed by atoms with Gasteiger partial charge in [-0.25, -0.2) is 4.39 Å². The number of amides is 1. The van der Waals surface area contributed by atoms with Gasteiger partial charge in [-0.3, -0.25) is 4.79 Å². The summed E-state index contributed by atoms with van der Waals surface area (Å²) in [5.41, 5.74) is 6.14. The summed E-state index contributed by atoms with van der Waals surface area (Å²) in [6.45, 7) is 0.776. The van der Waals surface area contributed by atoms with Gasteiger partial charge in [0.2, 0.25) is 0 Å². The lowest BCUT2D eigenvalue weighted by Gasteiger charge is -2.27. The molecule has 90 valence electrons. The van der Waals surface area contributed by atoms with Crippen LogP contribution in [0.3, 0.4) is 0 Å². The monoisotopic (exact) mass is 234 g/mol. The first kappa shape index (κ1) is 10.6. The van der Waals surface area contributed by atoms with Crippen molar-refractivity contribution in [3.05, 3.63) is 29.6 Å². The van der Waals surface area contributed by atoms with Crippen LogP contribution in [0.5, 0.6) is 0 Å². The summed E-state index contributed by atoms with van der Waals surface area (Å²) in [6.07, 6.45) is 3.34. The van der Waals surface area contributed by atoms with E-state index in [9.17, 15) is 9.18 Å². The van der Waals surface area contributed by atoms with E-state index in [1.165, 1.54) is 24.6 Å².